The second-order valence-electron chi connectivity index (χ2n) is 12.5. The smallest absolute Gasteiger partial charge is 0.404 e. The van der Waals surface area contributed by atoms with Crippen LogP contribution in [0.5, 0.6) is 0 Å². The summed E-state index contributed by atoms with van der Waals surface area (Å²) in [6, 6.07) is 11.8. The Morgan fingerprint density at radius 2 is 2.00 bits per heavy atom. The standard InChI is InChI=1S/C29H41BN4O4/c1-28(2)21-17-23(28)29(3)24(18-21)37-30(38-29)25(16-20-10-6-5-7-11-20)32-27(36)33(4)19-22-12-8-9-15-34(22)26(35)13-14-31/h5-7,10-11,21-25H,8-9,12-13,15-19H2,1-4H3,(H,32,36)/t21-,22+,23-,24?,25-,29-/m0/s1. The van der Waals surface area contributed by atoms with Crippen molar-refractivity contribution in [2.75, 3.05) is 20.1 Å². The van der Waals surface area contributed by atoms with Gasteiger partial charge in [0.25, 0.3) is 0 Å². The molecule has 204 valence electrons. The Balaban J connectivity index is 1.29. The zero-order valence-corrected chi connectivity index (χ0v) is 23.2. The van der Waals surface area contributed by atoms with E-state index < -0.39 is 7.12 Å². The summed E-state index contributed by atoms with van der Waals surface area (Å²) in [6.45, 7) is 7.95. The molecule has 0 aromatic heterocycles. The third kappa shape index (κ3) is 4.93. The Kier molecular flexibility index (Phi) is 7.49. The Hall–Kier alpha value is -2.57. The number of likely N-dealkylation sites (tertiary alicyclic amines) is 1. The SMILES string of the molecule is CN(C[C@H]1CCCCN1C(=O)CC#N)C(=O)N[C@@H](Cc1ccccc1)B1OC2C[C@@H]3C[C@@H](C3(C)C)[C@]2(C)O1. The van der Waals surface area contributed by atoms with E-state index in [1.807, 2.05) is 24.3 Å². The third-order valence-corrected chi connectivity index (χ3v) is 9.91. The van der Waals surface area contributed by atoms with E-state index in [1.165, 1.54) is 6.42 Å². The highest BCUT2D eigenvalue weighted by atomic mass is 16.7. The molecule has 3 amide bonds. The largest absolute Gasteiger partial charge is 0.482 e. The fraction of sp³-hybridized carbons (Fsp3) is 0.690. The number of rotatable bonds is 7. The summed E-state index contributed by atoms with van der Waals surface area (Å²) in [5, 5.41) is 12.2. The normalized spacial score (nSPS) is 32.0. The summed E-state index contributed by atoms with van der Waals surface area (Å²) in [7, 11) is 1.24. The maximum absolute atomic E-state index is 13.5. The van der Waals surface area contributed by atoms with Crippen molar-refractivity contribution in [3.63, 3.8) is 0 Å². The number of hydrogen-bond donors (Lipinski definition) is 1. The molecule has 5 aliphatic rings. The second kappa shape index (κ2) is 10.5. The Morgan fingerprint density at radius 3 is 2.71 bits per heavy atom. The molecule has 6 rings (SSSR count). The van der Waals surface area contributed by atoms with Gasteiger partial charge in [-0.05, 0) is 68.3 Å². The number of piperidine rings is 1. The summed E-state index contributed by atoms with van der Waals surface area (Å²) in [4.78, 5) is 29.4. The van der Waals surface area contributed by atoms with Gasteiger partial charge in [-0.2, -0.15) is 5.26 Å². The number of nitrogens with zero attached hydrogens (tertiary/aromatic N) is 3. The monoisotopic (exact) mass is 520 g/mol. The van der Waals surface area contributed by atoms with Gasteiger partial charge in [0.05, 0.1) is 23.7 Å². The predicted molar refractivity (Wildman–Crippen MR) is 145 cm³/mol. The molecule has 8 nitrogen and oxygen atoms in total. The van der Waals surface area contributed by atoms with Gasteiger partial charge in [-0.25, -0.2) is 4.79 Å². The molecule has 1 aromatic carbocycles. The molecule has 0 spiro atoms. The highest BCUT2D eigenvalue weighted by Crippen LogP contribution is 2.65. The van der Waals surface area contributed by atoms with Crippen molar-refractivity contribution in [2.24, 2.45) is 17.3 Å². The number of nitrogens with one attached hydrogen (secondary N) is 1. The first-order chi connectivity index (χ1) is 18.1. The summed E-state index contributed by atoms with van der Waals surface area (Å²) < 4.78 is 13.3. The first kappa shape index (κ1) is 27.0. The van der Waals surface area contributed by atoms with Crippen molar-refractivity contribution in [1.82, 2.24) is 15.1 Å². The Morgan fingerprint density at radius 1 is 1.24 bits per heavy atom. The predicted octanol–water partition coefficient (Wildman–Crippen LogP) is 3.80. The van der Waals surface area contributed by atoms with E-state index in [2.05, 4.69) is 38.2 Å². The molecule has 2 bridgehead atoms. The van der Waals surface area contributed by atoms with E-state index in [4.69, 9.17) is 14.6 Å². The lowest BCUT2D eigenvalue weighted by Crippen LogP contribution is -2.65. The molecule has 3 saturated carbocycles. The molecular formula is C29H41BN4O4. The van der Waals surface area contributed by atoms with Crippen LogP contribution in [0.3, 0.4) is 0 Å². The van der Waals surface area contributed by atoms with Gasteiger partial charge in [0.15, 0.2) is 0 Å². The minimum atomic E-state index is -0.527. The number of carbonyl (C=O) groups is 2. The van der Waals surface area contributed by atoms with E-state index >= 15 is 0 Å². The molecular weight excluding hydrogens is 479 g/mol. The summed E-state index contributed by atoms with van der Waals surface area (Å²) in [6.07, 6.45) is 5.46. The van der Waals surface area contributed by atoms with Crippen LogP contribution in [0.4, 0.5) is 4.79 Å². The molecule has 1 N–H and O–H groups in total. The van der Waals surface area contributed by atoms with Crippen molar-refractivity contribution in [3.8, 4) is 6.07 Å². The minimum Gasteiger partial charge on any atom is -0.404 e. The molecule has 3 aliphatic carbocycles. The highest BCUT2D eigenvalue weighted by Gasteiger charge is 2.68. The van der Waals surface area contributed by atoms with Gasteiger partial charge in [0.1, 0.15) is 6.42 Å². The lowest BCUT2D eigenvalue weighted by molar-refractivity contribution is -0.199. The van der Waals surface area contributed by atoms with Crippen LogP contribution < -0.4 is 5.32 Å². The first-order valence-electron chi connectivity index (χ1n) is 14.2. The molecule has 1 unspecified atom stereocenters. The number of benzene rings is 1. The van der Waals surface area contributed by atoms with E-state index in [1.54, 1.807) is 16.8 Å². The molecule has 9 heteroatoms. The molecule has 38 heavy (non-hydrogen) atoms. The van der Waals surface area contributed by atoms with E-state index in [-0.39, 0.29) is 47.5 Å². The van der Waals surface area contributed by atoms with Crippen LogP contribution in [0.2, 0.25) is 0 Å². The van der Waals surface area contributed by atoms with E-state index in [0.717, 1.165) is 31.2 Å². The van der Waals surface area contributed by atoms with E-state index in [0.29, 0.717) is 31.3 Å². The zero-order chi connectivity index (χ0) is 27.1. The topological polar surface area (TPSA) is 94.9 Å². The van der Waals surface area contributed by atoms with Crippen LogP contribution in [-0.2, 0) is 20.5 Å². The fourth-order valence-electron chi connectivity index (χ4n) is 7.51. The van der Waals surface area contributed by atoms with Crippen LogP contribution in [0, 0.1) is 28.6 Å². The first-order valence-corrected chi connectivity index (χ1v) is 14.2. The number of urea groups is 1. The average Bonchev–Trinajstić information content (AvgIpc) is 3.26. The number of nitriles is 1. The van der Waals surface area contributed by atoms with Crippen molar-refractivity contribution in [2.45, 2.75) is 89.4 Å². The number of carbonyl (C=O) groups excluding carboxylic acids is 2. The van der Waals surface area contributed by atoms with Crippen LogP contribution in [0.1, 0.15) is 64.9 Å². The van der Waals surface area contributed by atoms with Crippen molar-refractivity contribution in [3.05, 3.63) is 35.9 Å². The fourth-order valence-corrected chi connectivity index (χ4v) is 7.51. The van der Waals surface area contributed by atoms with Gasteiger partial charge in [-0.1, -0.05) is 44.2 Å². The van der Waals surface area contributed by atoms with Gasteiger partial charge < -0.3 is 24.4 Å². The van der Waals surface area contributed by atoms with Gasteiger partial charge in [0.2, 0.25) is 5.91 Å². The van der Waals surface area contributed by atoms with Gasteiger partial charge in [0, 0.05) is 26.2 Å². The summed E-state index contributed by atoms with van der Waals surface area (Å²) in [5.41, 5.74) is 1.01. The maximum atomic E-state index is 13.5. The average molecular weight is 520 g/mol. The molecule has 1 aromatic rings. The molecule has 0 radical (unpaired) electrons. The molecule has 2 saturated heterocycles. The van der Waals surface area contributed by atoms with Crippen molar-refractivity contribution < 1.29 is 18.9 Å². The third-order valence-electron chi connectivity index (χ3n) is 9.91. The summed E-state index contributed by atoms with van der Waals surface area (Å²) in [5.74, 6) is 0.599. The minimum absolute atomic E-state index is 0.0409. The van der Waals surface area contributed by atoms with Crippen LogP contribution in [0.25, 0.3) is 0 Å². The van der Waals surface area contributed by atoms with E-state index in [9.17, 15) is 9.59 Å². The Bertz CT molecular complexity index is 1080. The van der Waals surface area contributed by atoms with Crippen molar-refractivity contribution >= 4 is 19.1 Å². The number of hydrogen-bond acceptors (Lipinski definition) is 5. The van der Waals surface area contributed by atoms with Gasteiger partial charge in [-0.15, -0.1) is 0 Å². The highest BCUT2D eigenvalue weighted by molar-refractivity contribution is 6.48. The molecule has 2 aliphatic heterocycles. The van der Waals surface area contributed by atoms with Crippen LogP contribution >= 0.6 is 0 Å². The second-order valence-corrected chi connectivity index (χ2v) is 12.5. The lowest BCUT2D eigenvalue weighted by atomic mass is 9.43. The van der Waals surface area contributed by atoms with Crippen molar-refractivity contribution in [1.29, 1.82) is 5.26 Å². The van der Waals surface area contributed by atoms with Crippen LogP contribution in [0.15, 0.2) is 30.3 Å². The lowest BCUT2D eigenvalue weighted by Gasteiger charge is -2.64. The zero-order valence-electron chi connectivity index (χ0n) is 23.2. The molecule has 6 atom stereocenters. The van der Waals surface area contributed by atoms with Gasteiger partial charge in [-0.3, -0.25) is 4.79 Å². The quantitative estimate of drug-likeness (QED) is 0.552. The maximum Gasteiger partial charge on any atom is 0.482 e. The molecule has 2 heterocycles. The number of amides is 3. The number of likely N-dealkylation sites (N-methyl/N-ethyl adjacent to an activating group) is 1. The van der Waals surface area contributed by atoms with Gasteiger partial charge >= 0.3 is 13.1 Å². The van der Waals surface area contributed by atoms with Crippen LogP contribution in [-0.4, -0.2) is 72.7 Å². The molecule has 5 fully saturated rings. The Labute approximate surface area is 227 Å². The summed E-state index contributed by atoms with van der Waals surface area (Å²) >= 11 is 0.